The maximum Gasteiger partial charge on any atom is 0.232 e. The summed E-state index contributed by atoms with van der Waals surface area (Å²) in [4.78, 5) is 30.3. The fourth-order valence-electron chi connectivity index (χ4n) is 3.72. The van der Waals surface area contributed by atoms with Crippen molar-refractivity contribution in [1.29, 1.82) is 0 Å². The second-order valence-corrected chi connectivity index (χ2v) is 8.06. The molecule has 0 aliphatic carbocycles. The number of hydrogen-bond acceptors (Lipinski definition) is 5. The van der Waals surface area contributed by atoms with Crippen LogP contribution in [0.25, 0.3) is 33.7 Å². The van der Waals surface area contributed by atoms with Crippen LogP contribution in [-0.2, 0) is 6.54 Å². The molecule has 0 amide bonds. The zero-order valence-corrected chi connectivity index (χ0v) is 18.6. The van der Waals surface area contributed by atoms with Crippen LogP contribution < -0.4 is 10.7 Å². The average molecular weight is 454 g/mol. The highest BCUT2D eigenvalue weighted by molar-refractivity contribution is 6.29. The minimum absolute atomic E-state index is 0.218. The zero-order chi connectivity index (χ0) is 22.8. The molecule has 33 heavy (non-hydrogen) atoms. The van der Waals surface area contributed by atoms with Crippen LogP contribution in [-0.4, -0.2) is 19.9 Å². The molecule has 5 aromatic rings. The van der Waals surface area contributed by atoms with Crippen molar-refractivity contribution in [2.24, 2.45) is 0 Å². The Bertz CT molecular complexity index is 1480. The molecule has 3 heterocycles. The van der Waals surface area contributed by atoms with Crippen molar-refractivity contribution in [3.05, 3.63) is 106 Å². The molecule has 2 N–H and O–H groups in total. The van der Waals surface area contributed by atoms with Gasteiger partial charge >= 0.3 is 0 Å². The number of rotatable bonds is 5. The number of benzene rings is 2. The lowest BCUT2D eigenvalue weighted by Gasteiger charge is -2.12. The molecule has 6 nitrogen and oxygen atoms in total. The van der Waals surface area contributed by atoms with Crippen LogP contribution in [0.1, 0.15) is 11.3 Å². The molecule has 0 aliphatic heterocycles. The van der Waals surface area contributed by atoms with E-state index in [-0.39, 0.29) is 10.9 Å². The summed E-state index contributed by atoms with van der Waals surface area (Å²) >= 11 is 6.24. The fraction of sp³-hybridized carbons (Fsp3) is 0.0769. The van der Waals surface area contributed by atoms with Gasteiger partial charge in [0.25, 0.3) is 0 Å². The molecule has 5 rings (SSSR count). The van der Waals surface area contributed by atoms with Crippen LogP contribution in [0, 0.1) is 6.92 Å². The molecule has 0 saturated heterocycles. The van der Waals surface area contributed by atoms with Gasteiger partial charge in [0.05, 0.1) is 11.4 Å². The highest BCUT2D eigenvalue weighted by Gasteiger charge is 2.17. The van der Waals surface area contributed by atoms with Crippen LogP contribution in [0.3, 0.4) is 0 Å². The molecular formula is C26H20ClN5O. The van der Waals surface area contributed by atoms with Gasteiger partial charge in [-0.25, -0.2) is 15.0 Å². The van der Waals surface area contributed by atoms with E-state index in [4.69, 9.17) is 21.6 Å². The lowest BCUT2D eigenvalue weighted by molar-refractivity contribution is 1.13. The van der Waals surface area contributed by atoms with Gasteiger partial charge in [-0.05, 0) is 24.6 Å². The van der Waals surface area contributed by atoms with Crippen molar-refractivity contribution in [2.75, 3.05) is 5.32 Å². The molecule has 0 radical (unpaired) electrons. The number of nitrogens with one attached hydrogen (secondary N) is 2. The number of fused-ring (bicyclic) bond motifs is 1. The van der Waals surface area contributed by atoms with Crippen molar-refractivity contribution in [3.8, 4) is 22.5 Å². The molecule has 2 aromatic carbocycles. The van der Waals surface area contributed by atoms with E-state index in [0.717, 1.165) is 22.4 Å². The largest absolute Gasteiger partial charge is 0.377 e. The van der Waals surface area contributed by atoms with Gasteiger partial charge in [-0.2, -0.15) is 0 Å². The summed E-state index contributed by atoms with van der Waals surface area (Å²) in [6.07, 6.45) is 1.64. The SMILES string of the molecule is Cc1cc(-c2nc3c(=O)c(NCc4ccccc4)c[nH]c3nc2-c2ccccc2)cc(Cl)n1. The molecular weight excluding hydrogens is 434 g/mol. The molecule has 0 saturated carbocycles. The first-order valence-corrected chi connectivity index (χ1v) is 10.9. The molecule has 0 fully saturated rings. The Balaban J connectivity index is 1.66. The third-order valence-electron chi connectivity index (χ3n) is 5.28. The van der Waals surface area contributed by atoms with Gasteiger partial charge < -0.3 is 10.3 Å². The highest BCUT2D eigenvalue weighted by Crippen LogP contribution is 2.31. The normalized spacial score (nSPS) is 11.0. The summed E-state index contributed by atoms with van der Waals surface area (Å²) in [6, 6.07) is 23.3. The molecule has 3 aromatic heterocycles. The number of aryl methyl sites for hydroxylation is 1. The second kappa shape index (κ2) is 8.84. The first-order valence-electron chi connectivity index (χ1n) is 10.5. The zero-order valence-electron chi connectivity index (χ0n) is 17.8. The topological polar surface area (TPSA) is 83.6 Å². The lowest BCUT2D eigenvalue weighted by Crippen LogP contribution is -2.14. The summed E-state index contributed by atoms with van der Waals surface area (Å²) in [5, 5.41) is 3.56. The number of anilines is 1. The van der Waals surface area contributed by atoms with Crippen molar-refractivity contribution in [3.63, 3.8) is 0 Å². The van der Waals surface area contributed by atoms with E-state index in [1.807, 2.05) is 73.7 Å². The van der Waals surface area contributed by atoms with E-state index in [1.165, 1.54) is 0 Å². The molecule has 0 spiro atoms. The van der Waals surface area contributed by atoms with Crippen LogP contribution in [0.5, 0.6) is 0 Å². The van der Waals surface area contributed by atoms with Gasteiger partial charge in [0, 0.05) is 29.6 Å². The van der Waals surface area contributed by atoms with E-state index in [1.54, 1.807) is 12.3 Å². The third kappa shape index (κ3) is 4.33. The predicted molar refractivity (Wildman–Crippen MR) is 132 cm³/mol. The monoisotopic (exact) mass is 453 g/mol. The second-order valence-electron chi connectivity index (χ2n) is 7.67. The summed E-state index contributed by atoms with van der Waals surface area (Å²) in [5.74, 6) is 0. The van der Waals surface area contributed by atoms with Crippen LogP contribution >= 0.6 is 11.6 Å². The van der Waals surface area contributed by atoms with E-state index in [0.29, 0.717) is 34.4 Å². The molecule has 0 atom stereocenters. The molecule has 162 valence electrons. The number of nitrogens with zero attached hydrogens (tertiary/aromatic N) is 3. The van der Waals surface area contributed by atoms with Crippen LogP contribution in [0.15, 0.2) is 83.8 Å². The number of aromatic amines is 1. The number of aromatic nitrogens is 4. The number of pyridine rings is 2. The number of halogens is 1. The Hall–Kier alpha value is -4.03. The van der Waals surface area contributed by atoms with Crippen molar-refractivity contribution < 1.29 is 0 Å². The Labute approximate surface area is 195 Å². The van der Waals surface area contributed by atoms with E-state index >= 15 is 0 Å². The molecule has 7 heteroatoms. The fourth-order valence-corrected chi connectivity index (χ4v) is 3.97. The first kappa shape index (κ1) is 20.8. The van der Waals surface area contributed by atoms with Gasteiger partial charge in [0.2, 0.25) is 5.43 Å². The Kier molecular flexibility index (Phi) is 5.59. The van der Waals surface area contributed by atoms with Crippen LogP contribution in [0.2, 0.25) is 5.15 Å². The molecule has 0 aliphatic rings. The van der Waals surface area contributed by atoms with Gasteiger partial charge in [-0.1, -0.05) is 72.3 Å². The Morgan fingerprint density at radius 3 is 2.30 bits per heavy atom. The van der Waals surface area contributed by atoms with E-state index < -0.39 is 0 Å². The van der Waals surface area contributed by atoms with Gasteiger partial charge in [0.15, 0.2) is 11.2 Å². The first-order chi connectivity index (χ1) is 16.1. The van der Waals surface area contributed by atoms with Gasteiger partial charge in [-0.15, -0.1) is 0 Å². The Morgan fingerprint density at radius 2 is 1.58 bits per heavy atom. The Morgan fingerprint density at radius 1 is 0.879 bits per heavy atom. The third-order valence-corrected chi connectivity index (χ3v) is 5.47. The van der Waals surface area contributed by atoms with Gasteiger partial charge in [0.1, 0.15) is 10.8 Å². The van der Waals surface area contributed by atoms with Crippen molar-refractivity contribution in [1.82, 2.24) is 19.9 Å². The lowest BCUT2D eigenvalue weighted by atomic mass is 10.0. The molecule has 0 unspecified atom stereocenters. The highest BCUT2D eigenvalue weighted by atomic mass is 35.5. The summed E-state index contributed by atoms with van der Waals surface area (Å²) < 4.78 is 0. The maximum absolute atomic E-state index is 13.3. The van der Waals surface area contributed by atoms with Crippen molar-refractivity contribution >= 4 is 28.5 Å². The number of H-pyrrole nitrogens is 1. The smallest absolute Gasteiger partial charge is 0.232 e. The number of hydrogen-bond donors (Lipinski definition) is 2. The standard InChI is InChI=1S/C26H20ClN5O/c1-16-12-19(13-21(27)30-16)23-22(18-10-6-3-7-11-18)32-26-24(31-23)25(33)20(15-29-26)28-14-17-8-4-2-5-9-17/h2-13,15,28H,14H2,1H3,(H,29,32,33). The van der Waals surface area contributed by atoms with E-state index in [9.17, 15) is 4.79 Å². The van der Waals surface area contributed by atoms with E-state index in [2.05, 4.69) is 15.3 Å². The summed E-state index contributed by atoms with van der Waals surface area (Å²) in [7, 11) is 0. The minimum atomic E-state index is -0.218. The van der Waals surface area contributed by atoms with Gasteiger partial charge in [-0.3, -0.25) is 4.79 Å². The summed E-state index contributed by atoms with van der Waals surface area (Å²) in [5.41, 5.74) is 5.60. The predicted octanol–water partition coefficient (Wildman–Crippen LogP) is 5.62. The average Bonchev–Trinajstić information content (AvgIpc) is 2.83. The quantitative estimate of drug-likeness (QED) is 0.337. The van der Waals surface area contributed by atoms with Crippen LogP contribution in [0.4, 0.5) is 5.69 Å². The molecule has 0 bridgehead atoms. The maximum atomic E-state index is 13.3. The minimum Gasteiger partial charge on any atom is -0.377 e. The van der Waals surface area contributed by atoms with Crippen molar-refractivity contribution in [2.45, 2.75) is 13.5 Å². The summed E-state index contributed by atoms with van der Waals surface area (Å²) in [6.45, 7) is 2.39.